The first-order valence-electron chi connectivity index (χ1n) is 5.33. The Hall–Kier alpha value is -1.61. The molecule has 0 amide bonds. The predicted octanol–water partition coefficient (Wildman–Crippen LogP) is 3.79. The summed E-state index contributed by atoms with van der Waals surface area (Å²) in [4.78, 5) is 4.44. The van der Waals surface area contributed by atoms with E-state index in [1.54, 1.807) is 0 Å². The van der Waals surface area contributed by atoms with Crippen LogP contribution in [0.2, 0.25) is 0 Å². The molecule has 0 saturated heterocycles. The molecule has 0 aliphatic heterocycles. The number of amidine groups is 1. The summed E-state index contributed by atoms with van der Waals surface area (Å²) in [7, 11) is 0. The van der Waals surface area contributed by atoms with E-state index in [1.165, 1.54) is 0 Å². The van der Waals surface area contributed by atoms with Crippen LogP contribution in [0.3, 0.4) is 0 Å². The Morgan fingerprint density at radius 1 is 1.06 bits per heavy atom. The zero-order valence-corrected chi connectivity index (χ0v) is 11.1. The third kappa shape index (κ3) is 2.74. The third-order valence-electron chi connectivity index (χ3n) is 2.51. The van der Waals surface area contributed by atoms with Gasteiger partial charge in [-0.15, -0.1) is 0 Å². The van der Waals surface area contributed by atoms with Crippen LogP contribution in [0.1, 0.15) is 11.1 Å². The molecule has 2 aromatic rings. The quantitative estimate of drug-likeness (QED) is 0.663. The Labute approximate surface area is 109 Å². The van der Waals surface area contributed by atoms with E-state index in [4.69, 9.17) is 5.73 Å². The monoisotopic (exact) mass is 288 g/mol. The van der Waals surface area contributed by atoms with Crippen molar-refractivity contribution in [1.29, 1.82) is 0 Å². The summed E-state index contributed by atoms with van der Waals surface area (Å²) >= 11 is 3.45. The highest BCUT2D eigenvalue weighted by Gasteiger charge is 2.03. The van der Waals surface area contributed by atoms with Gasteiger partial charge in [-0.25, -0.2) is 4.99 Å². The highest BCUT2D eigenvalue weighted by atomic mass is 79.9. The van der Waals surface area contributed by atoms with Crippen molar-refractivity contribution < 1.29 is 0 Å². The van der Waals surface area contributed by atoms with Crippen molar-refractivity contribution >= 4 is 27.5 Å². The second kappa shape index (κ2) is 5.15. The van der Waals surface area contributed by atoms with Crippen molar-refractivity contribution in [2.45, 2.75) is 6.92 Å². The molecule has 2 N–H and O–H groups in total. The van der Waals surface area contributed by atoms with E-state index >= 15 is 0 Å². The normalized spacial score (nSPS) is 11.5. The summed E-state index contributed by atoms with van der Waals surface area (Å²) in [6.45, 7) is 2.03. The van der Waals surface area contributed by atoms with Gasteiger partial charge in [-0.05, 0) is 40.5 Å². The Morgan fingerprint density at radius 3 is 2.41 bits per heavy atom. The fourth-order valence-corrected chi connectivity index (χ4v) is 1.97. The number of nitrogens with zero attached hydrogens (tertiary/aromatic N) is 1. The fraction of sp³-hybridized carbons (Fsp3) is 0.0714. The van der Waals surface area contributed by atoms with Gasteiger partial charge in [0, 0.05) is 10.0 Å². The number of halogens is 1. The summed E-state index contributed by atoms with van der Waals surface area (Å²) in [5.41, 5.74) is 8.97. The van der Waals surface area contributed by atoms with Gasteiger partial charge in [0.2, 0.25) is 0 Å². The Kier molecular flexibility index (Phi) is 3.59. The zero-order chi connectivity index (χ0) is 12.3. The fourth-order valence-electron chi connectivity index (χ4n) is 1.59. The van der Waals surface area contributed by atoms with E-state index in [-0.39, 0.29) is 0 Å². The summed E-state index contributed by atoms with van der Waals surface area (Å²) < 4.78 is 0.941. The van der Waals surface area contributed by atoms with Gasteiger partial charge in [-0.1, -0.05) is 36.4 Å². The Balaban J connectivity index is 2.42. The molecule has 0 spiro atoms. The van der Waals surface area contributed by atoms with Crippen molar-refractivity contribution in [2.24, 2.45) is 10.7 Å². The van der Waals surface area contributed by atoms with Crippen LogP contribution in [0, 0.1) is 6.92 Å². The molecule has 0 aliphatic carbocycles. The highest BCUT2D eigenvalue weighted by molar-refractivity contribution is 9.10. The van der Waals surface area contributed by atoms with Gasteiger partial charge in [0.1, 0.15) is 5.84 Å². The van der Waals surface area contributed by atoms with E-state index in [0.717, 1.165) is 21.3 Å². The van der Waals surface area contributed by atoms with Crippen LogP contribution in [0.15, 0.2) is 58.0 Å². The van der Waals surface area contributed by atoms with Gasteiger partial charge in [0.15, 0.2) is 0 Å². The molecule has 0 radical (unpaired) electrons. The van der Waals surface area contributed by atoms with Crippen LogP contribution in [0.4, 0.5) is 5.69 Å². The molecule has 0 bridgehead atoms. The maximum absolute atomic E-state index is 6.03. The lowest BCUT2D eigenvalue weighted by atomic mass is 10.1. The molecule has 0 saturated carbocycles. The molecule has 2 aromatic carbocycles. The lowest BCUT2D eigenvalue weighted by Crippen LogP contribution is -2.14. The first-order valence-corrected chi connectivity index (χ1v) is 6.12. The van der Waals surface area contributed by atoms with Crippen LogP contribution < -0.4 is 5.73 Å². The van der Waals surface area contributed by atoms with Gasteiger partial charge in [0.05, 0.1) is 5.69 Å². The Bertz CT molecular complexity index is 562. The lowest BCUT2D eigenvalue weighted by Gasteiger charge is -2.05. The first-order chi connectivity index (χ1) is 8.18. The smallest absolute Gasteiger partial charge is 0.131 e. The minimum Gasteiger partial charge on any atom is -0.383 e. The maximum Gasteiger partial charge on any atom is 0.131 e. The molecule has 3 heteroatoms. The lowest BCUT2D eigenvalue weighted by molar-refractivity contribution is 1.38. The second-order valence-electron chi connectivity index (χ2n) is 3.76. The molecular formula is C14H13BrN2. The van der Waals surface area contributed by atoms with Crippen LogP contribution in [0.25, 0.3) is 0 Å². The number of benzene rings is 2. The first kappa shape index (κ1) is 11.9. The minimum atomic E-state index is 0.537. The van der Waals surface area contributed by atoms with Gasteiger partial charge in [-0.3, -0.25) is 0 Å². The number of hydrogen-bond acceptors (Lipinski definition) is 1. The van der Waals surface area contributed by atoms with E-state index in [9.17, 15) is 0 Å². The van der Waals surface area contributed by atoms with E-state index in [2.05, 4.69) is 20.9 Å². The summed E-state index contributed by atoms with van der Waals surface area (Å²) in [6, 6.07) is 15.7. The number of hydrogen-bond donors (Lipinski definition) is 1. The average molecular weight is 289 g/mol. The summed E-state index contributed by atoms with van der Waals surface area (Å²) in [5, 5.41) is 0. The van der Waals surface area contributed by atoms with Gasteiger partial charge >= 0.3 is 0 Å². The van der Waals surface area contributed by atoms with Crippen molar-refractivity contribution in [3.05, 3.63) is 64.1 Å². The van der Waals surface area contributed by atoms with E-state index in [1.807, 2.05) is 55.5 Å². The molecule has 0 unspecified atom stereocenters. The van der Waals surface area contributed by atoms with Gasteiger partial charge in [0.25, 0.3) is 0 Å². The topological polar surface area (TPSA) is 38.4 Å². The highest BCUT2D eigenvalue weighted by Crippen LogP contribution is 2.24. The average Bonchev–Trinajstić information content (AvgIpc) is 2.32. The Morgan fingerprint density at radius 2 is 1.71 bits per heavy atom. The standard InChI is InChI=1S/C14H13BrN2/c1-10-6-2-3-7-11(10)14(16)17-13-9-5-4-8-12(13)15/h2-9H,1H3,(H2,16,17). The second-order valence-corrected chi connectivity index (χ2v) is 4.62. The van der Waals surface area contributed by atoms with Crippen molar-refractivity contribution in [1.82, 2.24) is 0 Å². The zero-order valence-electron chi connectivity index (χ0n) is 9.52. The number of rotatable bonds is 2. The van der Waals surface area contributed by atoms with Gasteiger partial charge in [-0.2, -0.15) is 0 Å². The molecule has 0 fully saturated rings. The molecule has 0 aliphatic rings. The molecule has 0 heterocycles. The molecule has 0 atom stereocenters. The molecule has 2 nitrogen and oxygen atoms in total. The van der Waals surface area contributed by atoms with Crippen LogP contribution in [-0.4, -0.2) is 5.84 Å². The van der Waals surface area contributed by atoms with Crippen molar-refractivity contribution in [3.63, 3.8) is 0 Å². The number of aryl methyl sites for hydroxylation is 1. The summed E-state index contributed by atoms with van der Waals surface area (Å²) in [5.74, 6) is 0.537. The molecular weight excluding hydrogens is 276 g/mol. The van der Waals surface area contributed by atoms with Crippen LogP contribution in [-0.2, 0) is 0 Å². The van der Waals surface area contributed by atoms with Crippen molar-refractivity contribution in [2.75, 3.05) is 0 Å². The van der Waals surface area contributed by atoms with Gasteiger partial charge < -0.3 is 5.73 Å². The number of nitrogens with two attached hydrogens (primary N) is 1. The molecule has 0 aromatic heterocycles. The van der Waals surface area contributed by atoms with E-state index in [0.29, 0.717) is 5.84 Å². The maximum atomic E-state index is 6.03. The summed E-state index contributed by atoms with van der Waals surface area (Å²) in [6.07, 6.45) is 0. The largest absolute Gasteiger partial charge is 0.383 e. The SMILES string of the molecule is Cc1ccccc1C(N)=Nc1ccccc1Br. The molecule has 86 valence electrons. The molecule has 2 rings (SSSR count). The molecule has 17 heavy (non-hydrogen) atoms. The third-order valence-corrected chi connectivity index (χ3v) is 3.18. The van der Waals surface area contributed by atoms with Crippen LogP contribution >= 0.6 is 15.9 Å². The predicted molar refractivity (Wildman–Crippen MR) is 75.7 cm³/mol. The van der Waals surface area contributed by atoms with Crippen molar-refractivity contribution in [3.8, 4) is 0 Å². The van der Waals surface area contributed by atoms with E-state index < -0.39 is 0 Å². The van der Waals surface area contributed by atoms with Crippen LogP contribution in [0.5, 0.6) is 0 Å². The number of para-hydroxylation sites is 1. The minimum absolute atomic E-state index is 0.537. The number of aliphatic imine (C=N–C) groups is 1.